The van der Waals surface area contributed by atoms with Crippen molar-refractivity contribution >= 4 is 5.82 Å². The molecule has 2 aromatic heterocycles. The summed E-state index contributed by atoms with van der Waals surface area (Å²) in [5.41, 5.74) is 2.90. The second-order valence-electron chi connectivity index (χ2n) is 5.68. The molecule has 1 N–H and O–H groups in total. The molecule has 0 saturated heterocycles. The number of hydrogen-bond donors (Lipinski definition) is 1. The summed E-state index contributed by atoms with van der Waals surface area (Å²) in [6.07, 6.45) is -3.23. The van der Waals surface area contributed by atoms with Gasteiger partial charge in [-0.3, -0.25) is 0 Å². The first-order valence-corrected chi connectivity index (χ1v) is 7.74. The van der Waals surface area contributed by atoms with Crippen molar-refractivity contribution in [3.8, 4) is 5.69 Å². The summed E-state index contributed by atoms with van der Waals surface area (Å²) >= 11 is 0. The number of pyridine rings is 1. The number of aryl methyl sites for hydroxylation is 1. The zero-order valence-corrected chi connectivity index (χ0v) is 13.8. The van der Waals surface area contributed by atoms with Crippen molar-refractivity contribution in [3.05, 3.63) is 71.2 Å². The molecular weight excluding hydrogens is 329 g/mol. The Balaban J connectivity index is 1.82. The average molecular weight is 346 g/mol. The highest BCUT2D eigenvalue weighted by Gasteiger charge is 2.30. The first-order valence-electron chi connectivity index (χ1n) is 7.74. The molecule has 7 heteroatoms. The molecule has 0 fully saturated rings. The molecule has 0 aliphatic heterocycles. The Morgan fingerprint density at radius 2 is 1.80 bits per heavy atom. The van der Waals surface area contributed by atoms with Crippen molar-refractivity contribution in [3.63, 3.8) is 0 Å². The van der Waals surface area contributed by atoms with Crippen LogP contribution < -0.4 is 5.32 Å². The lowest BCUT2D eigenvalue weighted by Crippen LogP contribution is -2.08. The van der Waals surface area contributed by atoms with E-state index in [9.17, 15) is 13.2 Å². The molecule has 0 bridgehead atoms. The number of nitrogens with zero attached hydrogens (tertiary/aromatic N) is 3. The maximum Gasteiger partial charge on any atom is 0.416 e. The van der Waals surface area contributed by atoms with Gasteiger partial charge in [0.1, 0.15) is 5.82 Å². The molecule has 0 amide bonds. The van der Waals surface area contributed by atoms with Crippen molar-refractivity contribution in [1.82, 2.24) is 14.8 Å². The van der Waals surface area contributed by atoms with E-state index in [0.29, 0.717) is 6.54 Å². The highest BCUT2D eigenvalue weighted by Crippen LogP contribution is 2.30. The van der Waals surface area contributed by atoms with Crippen LogP contribution in [0.25, 0.3) is 5.69 Å². The topological polar surface area (TPSA) is 42.7 Å². The third-order valence-corrected chi connectivity index (χ3v) is 3.98. The summed E-state index contributed by atoms with van der Waals surface area (Å²) < 4.78 is 40.2. The average Bonchev–Trinajstić information content (AvgIpc) is 2.88. The van der Waals surface area contributed by atoms with Crippen molar-refractivity contribution in [2.24, 2.45) is 0 Å². The van der Waals surface area contributed by atoms with Crippen LogP contribution in [0.1, 0.15) is 22.5 Å². The van der Waals surface area contributed by atoms with E-state index in [4.69, 9.17) is 0 Å². The normalized spacial score (nSPS) is 11.6. The van der Waals surface area contributed by atoms with Gasteiger partial charge in [-0.2, -0.15) is 18.3 Å². The lowest BCUT2D eigenvalue weighted by Gasteiger charge is -2.10. The number of para-hydroxylation sites is 1. The van der Waals surface area contributed by atoms with Crippen LogP contribution >= 0.6 is 0 Å². The Kier molecular flexibility index (Phi) is 4.48. The van der Waals surface area contributed by atoms with Crippen LogP contribution in [0.5, 0.6) is 0 Å². The smallest absolute Gasteiger partial charge is 0.366 e. The lowest BCUT2D eigenvalue weighted by molar-refractivity contribution is -0.137. The van der Waals surface area contributed by atoms with Gasteiger partial charge in [-0.15, -0.1) is 0 Å². The fourth-order valence-electron chi connectivity index (χ4n) is 2.63. The van der Waals surface area contributed by atoms with Crippen LogP contribution in [0.15, 0.2) is 48.7 Å². The van der Waals surface area contributed by atoms with Gasteiger partial charge in [-0.05, 0) is 38.1 Å². The van der Waals surface area contributed by atoms with E-state index in [1.165, 1.54) is 0 Å². The number of benzene rings is 1. The quantitative estimate of drug-likeness (QED) is 0.755. The summed E-state index contributed by atoms with van der Waals surface area (Å²) in [6, 6.07) is 11.6. The molecule has 0 radical (unpaired) electrons. The fraction of sp³-hybridized carbons (Fsp3) is 0.222. The monoisotopic (exact) mass is 346 g/mol. The highest BCUT2D eigenvalue weighted by atomic mass is 19.4. The third-order valence-electron chi connectivity index (χ3n) is 3.98. The number of hydrogen-bond acceptors (Lipinski definition) is 3. The van der Waals surface area contributed by atoms with Gasteiger partial charge in [0.25, 0.3) is 0 Å². The van der Waals surface area contributed by atoms with Crippen molar-refractivity contribution in [2.75, 3.05) is 5.32 Å². The van der Waals surface area contributed by atoms with Crippen LogP contribution in [0.4, 0.5) is 19.0 Å². The Morgan fingerprint density at radius 1 is 1.08 bits per heavy atom. The van der Waals surface area contributed by atoms with Gasteiger partial charge in [-0.1, -0.05) is 18.2 Å². The predicted octanol–water partition coefficient (Wildman–Crippen LogP) is 4.52. The summed E-state index contributed by atoms with van der Waals surface area (Å²) in [5, 5.41) is 7.48. The molecule has 3 aromatic rings. The van der Waals surface area contributed by atoms with E-state index in [0.717, 1.165) is 41.0 Å². The van der Waals surface area contributed by atoms with E-state index in [1.54, 1.807) is 0 Å². The van der Waals surface area contributed by atoms with Crippen molar-refractivity contribution < 1.29 is 13.2 Å². The lowest BCUT2D eigenvalue weighted by atomic mass is 10.2. The number of alkyl halides is 3. The SMILES string of the molecule is Cc1nn(-c2ccccc2)c(C)c1CNc1cc(C(F)(F)F)ccn1. The minimum absolute atomic E-state index is 0.182. The van der Waals surface area contributed by atoms with Crippen LogP contribution in [0.2, 0.25) is 0 Å². The molecule has 2 heterocycles. The minimum Gasteiger partial charge on any atom is -0.366 e. The molecule has 0 saturated carbocycles. The van der Waals surface area contributed by atoms with Crippen molar-refractivity contribution in [2.45, 2.75) is 26.6 Å². The molecule has 1 aromatic carbocycles. The van der Waals surface area contributed by atoms with Crippen LogP contribution in [-0.2, 0) is 12.7 Å². The maximum atomic E-state index is 12.8. The molecule has 130 valence electrons. The van der Waals surface area contributed by atoms with E-state index >= 15 is 0 Å². The predicted molar refractivity (Wildman–Crippen MR) is 89.6 cm³/mol. The molecule has 0 atom stereocenters. The minimum atomic E-state index is -4.39. The summed E-state index contributed by atoms with van der Waals surface area (Å²) in [6.45, 7) is 4.16. The largest absolute Gasteiger partial charge is 0.416 e. The zero-order valence-electron chi connectivity index (χ0n) is 13.8. The molecular formula is C18H17F3N4. The van der Waals surface area contributed by atoms with E-state index in [2.05, 4.69) is 15.4 Å². The molecule has 25 heavy (non-hydrogen) atoms. The second-order valence-corrected chi connectivity index (χ2v) is 5.68. The Bertz CT molecular complexity index is 870. The van der Waals surface area contributed by atoms with Crippen molar-refractivity contribution in [1.29, 1.82) is 0 Å². The summed E-state index contributed by atoms with van der Waals surface area (Å²) in [4.78, 5) is 3.95. The first kappa shape index (κ1) is 17.0. The number of rotatable bonds is 4. The van der Waals surface area contributed by atoms with Crippen LogP contribution in [0.3, 0.4) is 0 Å². The number of aromatic nitrogens is 3. The van der Waals surface area contributed by atoms with Crippen LogP contribution in [-0.4, -0.2) is 14.8 Å². The molecule has 0 aliphatic rings. The van der Waals surface area contributed by atoms with E-state index < -0.39 is 11.7 Å². The Labute approximate surface area is 143 Å². The fourth-order valence-corrected chi connectivity index (χ4v) is 2.63. The standard InChI is InChI=1S/C18H17F3N4/c1-12-16(13(2)25(24-12)15-6-4-3-5-7-15)11-23-17-10-14(8-9-22-17)18(19,20)21/h3-10H,11H2,1-2H3,(H,22,23). The third kappa shape index (κ3) is 3.65. The number of nitrogens with one attached hydrogen (secondary N) is 1. The number of halogens is 3. The van der Waals surface area contributed by atoms with Gasteiger partial charge < -0.3 is 5.32 Å². The maximum absolute atomic E-state index is 12.8. The molecule has 3 rings (SSSR count). The Morgan fingerprint density at radius 3 is 2.48 bits per heavy atom. The molecule has 0 aliphatic carbocycles. The number of anilines is 1. The molecule has 0 spiro atoms. The molecule has 4 nitrogen and oxygen atoms in total. The van der Waals surface area contributed by atoms with Gasteiger partial charge in [0.15, 0.2) is 0 Å². The van der Waals surface area contributed by atoms with Gasteiger partial charge in [0.2, 0.25) is 0 Å². The van der Waals surface area contributed by atoms with E-state index in [-0.39, 0.29) is 5.82 Å². The van der Waals surface area contributed by atoms with Gasteiger partial charge >= 0.3 is 6.18 Å². The second kappa shape index (κ2) is 6.58. The molecule has 0 unspecified atom stereocenters. The first-order chi connectivity index (χ1) is 11.9. The van der Waals surface area contributed by atoms with Gasteiger partial charge in [-0.25, -0.2) is 9.67 Å². The summed E-state index contributed by atoms with van der Waals surface area (Å²) in [7, 11) is 0. The van der Waals surface area contributed by atoms with Crippen LogP contribution in [0, 0.1) is 13.8 Å². The zero-order chi connectivity index (χ0) is 18.0. The van der Waals surface area contributed by atoms with E-state index in [1.807, 2.05) is 48.9 Å². The highest BCUT2D eigenvalue weighted by molar-refractivity contribution is 5.42. The summed E-state index contributed by atoms with van der Waals surface area (Å²) in [5.74, 6) is 0.182. The van der Waals surface area contributed by atoms with Gasteiger partial charge in [0, 0.05) is 24.0 Å². The van der Waals surface area contributed by atoms with Gasteiger partial charge in [0.05, 0.1) is 16.9 Å². The Hall–Kier alpha value is -2.83.